The van der Waals surface area contributed by atoms with E-state index < -0.39 is 0 Å². The predicted octanol–water partition coefficient (Wildman–Crippen LogP) is 4.88. The van der Waals surface area contributed by atoms with Gasteiger partial charge in [-0.3, -0.25) is 0 Å². The van der Waals surface area contributed by atoms with Crippen LogP contribution in [0.5, 0.6) is 0 Å². The standard InChI is InChI=1S/C13H19Cl/c1-5-11(13(2,3)4)10-8-6-7-9-12(10)14/h6-9,11H,5H2,1-4H3. The molecule has 0 saturated heterocycles. The van der Waals surface area contributed by atoms with Crippen molar-refractivity contribution in [3.05, 3.63) is 34.9 Å². The molecular formula is C13H19Cl. The van der Waals surface area contributed by atoms with E-state index in [4.69, 9.17) is 11.6 Å². The van der Waals surface area contributed by atoms with Crippen molar-refractivity contribution in [1.29, 1.82) is 0 Å². The second kappa shape index (κ2) is 4.35. The molecule has 1 unspecified atom stereocenters. The highest BCUT2D eigenvalue weighted by Gasteiger charge is 2.25. The van der Waals surface area contributed by atoms with Crippen molar-refractivity contribution in [3.63, 3.8) is 0 Å². The van der Waals surface area contributed by atoms with Crippen LogP contribution in [0.25, 0.3) is 0 Å². The van der Waals surface area contributed by atoms with Crippen molar-refractivity contribution in [1.82, 2.24) is 0 Å². The van der Waals surface area contributed by atoms with Gasteiger partial charge in [-0.15, -0.1) is 0 Å². The van der Waals surface area contributed by atoms with E-state index in [9.17, 15) is 0 Å². The molecule has 78 valence electrons. The van der Waals surface area contributed by atoms with Gasteiger partial charge in [-0.25, -0.2) is 0 Å². The van der Waals surface area contributed by atoms with Crippen LogP contribution in [0.1, 0.15) is 45.6 Å². The Morgan fingerprint density at radius 3 is 2.21 bits per heavy atom. The molecule has 0 saturated carbocycles. The van der Waals surface area contributed by atoms with E-state index in [0.717, 1.165) is 11.4 Å². The summed E-state index contributed by atoms with van der Waals surface area (Å²) < 4.78 is 0. The summed E-state index contributed by atoms with van der Waals surface area (Å²) in [6.07, 6.45) is 1.13. The highest BCUT2D eigenvalue weighted by atomic mass is 35.5. The smallest absolute Gasteiger partial charge is 0.0441 e. The number of rotatable bonds is 2. The van der Waals surface area contributed by atoms with E-state index in [2.05, 4.69) is 39.8 Å². The van der Waals surface area contributed by atoms with Gasteiger partial charge in [-0.05, 0) is 29.4 Å². The van der Waals surface area contributed by atoms with Crippen molar-refractivity contribution in [2.24, 2.45) is 5.41 Å². The Morgan fingerprint density at radius 2 is 1.79 bits per heavy atom. The van der Waals surface area contributed by atoms with Gasteiger partial charge >= 0.3 is 0 Å². The lowest BCUT2D eigenvalue weighted by Gasteiger charge is -2.30. The fourth-order valence-corrected chi connectivity index (χ4v) is 2.32. The van der Waals surface area contributed by atoms with E-state index in [-0.39, 0.29) is 5.41 Å². The van der Waals surface area contributed by atoms with Crippen LogP contribution in [0, 0.1) is 5.41 Å². The largest absolute Gasteiger partial charge is 0.0840 e. The van der Waals surface area contributed by atoms with Crippen molar-refractivity contribution in [2.45, 2.75) is 40.0 Å². The molecule has 0 fully saturated rings. The summed E-state index contributed by atoms with van der Waals surface area (Å²) in [4.78, 5) is 0. The maximum atomic E-state index is 6.20. The summed E-state index contributed by atoms with van der Waals surface area (Å²) in [6, 6.07) is 8.17. The van der Waals surface area contributed by atoms with Gasteiger partial charge in [0.2, 0.25) is 0 Å². The quantitative estimate of drug-likeness (QED) is 0.653. The molecule has 0 spiro atoms. The van der Waals surface area contributed by atoms with Crippen LogP contribution in [0.2, 0.25) is 5.02 Å². The summed E-state index contributed by atoms with van der Waals surface area (Å²) in [5.74, 6) is 0.538. The van der Waals surface area contributed by atoms with E-state index in [1.54, 1.807) is 0 Å². The van der Waals surface area contributed by atoms with Gasteiger partial charge in [0.1, 0.15) is 0 Å². The molecule has 0 radical (unpaired) electrons. The van der Waals surface area contributed by atoms with Gasteiger partial charge in [0.05, 0.1) is 0 Å². The molecule has 1 atom stereocenters. The Hall–Kier alpha value is -0.490. The lowest BCUT2D eigenvalue weighted by Crippen LogP contribution is -2.17. The monoisotopic (exact) mass is 210 g/mol. The van der Waals surface area contributed by atoms with E-state index >= 15 is 0 Å². The van der Waals surface area contributed by atoms with Crippen LogP contribution in [-0.2, 0) is 0 Å². The molecule has 0 amide bonds. The molecule has 0 nitrogen and oxygen atoms in total. The van der Waals surface area contributed by atoms with Gasteiger partial charge in [-0.2, -0.15) is 0 Å². The molecule has 0 bridgehead atoms. The Kier molecular flexibility index (Phi) is 3.60. The molecule has 0 aromatic heterocycles. The lowest BCUT2D eigenvalue weighted by molar-refractivity contribution is 0.312. The fourth-order valence-electron chi connectivity index (χ4n) is 2.06. The molecular weight excluding hydrogens is 192 g/mol. The molecule has 1 rings (SSSR count). The Balaban J connectivity index is 3.08. The maximum Gasteiger partial charge on any atom is 0.0441 e. The average Bonchev–Trinajstić information content (AvgIpc) is 2.07. The first-order valence-electron chi connectivity index (χ1n) is 5.21. The third-order valence-electron chi connectivity index (χ3n) is 2.73. The molecule has 0 aliphatic rings. The fraction of sp³-hybridized carbons (Fsp3) is 0.538. The first kappa shape index (κ1) is 11.6. The van der Waals surface area contributed by atoms with Crippen LogP contribution in [0.15, 0.2) is 24.3 Å². The van der Waals surface area contributed by atoms with E-state index in [1.807, 2.05) is 12.1 Å². The van der Waals surface area contributed by atoms with E-state index in [0.29, 0.717) is 5.92 Å². The predicted molar refractivity (Wildman–Crippen MR) is 63.9 cm³/mol. The maximum absolute atomic E-state index is 6.20. The molecule has 0 aliphatic carbocycles. The zero-order valence-electron chi connectivity index (χ0n) is 9.47. The Labute approximate surface area is 92.3 Å². The SMILES string of the molecule is CCC(c1ccccc1Cl)C(C)(C)C. The van der Waals surface area contributed by atoms with Gasteiger partial charge < -0.3 is 0 Å². The Morgan fingerprint density at radius 1 is 1.21 bits per heavy atom. The second-order valence-corrected chi connectivity index (χ2v) is 5.26. The molecule has 0 heterocycles. The van der Waals surface area contributed by atoms with Crippen LogP contribution >= 0.6 is 11.6 Å². The van der Waals surface area contributed by atoms with Gasteiger partial charge in [-0.1, -0.05) is 57.5 Å². The van der Waals surface area contributed by atoms with Gasteiger partial charge in [0, 0.05) is 5.02 Å². The highest BCUT2D eigenvalue weighted by molar-refractivity contribution is 6.31. The lowest BCUT2D eigenvalue weighted by atomic mass is 9.75. The number of hydrogen-bond acceptors (Lipinski definition) is 0. The van der Waals surface area contributed by atoms with Gasteiger partial charge in [0.15, 0.2) is 0 Å². The summed E-state index contributed by atoms with van der Waals surface area (Å²) in [7, 11) is 0. The van der Waals surface area contributed by atoms with Crippen LogP contribution < -0.4 is 0 Å². The minimum atomic E-state index is 0.278. The summed E-state index contributed by atoms with van der Waals surface area (Å²) in [5.41, 5.74) is 1.56. The molecule has 1 heteroatoms. The van der Waals surface area contributed by atoms with Gasteiger partial charge in [0.25, 0.3) is 0 Å². The molecule has 1 aromatic rings. The zero-order valence-corrected chi connectivity index (χ0v) is 10.2. The third kappa shape index (κ3) is 2.51. The minimum Gasteiger partial charge on any atom is -0.0840 e. The van der Waals surface area contributed by atoms with Crippen LogP contribution in [-0.4, -0.2) is 0 Å². The van der Waals surface area contributed by atoms with Crippen molar-refractivity contribution < 1.29 is 0 Å². The first-order chi connectivity index (χ1) is 6.46. The number of hydrogen-bond donors (Lipinski definition) is 0. The van der Waals surface area contributed by atoms with E-state index in [1.165, 1.54) is 5.56 Å². The molecule has 0 aliphatic heterocycles. The summed E-state index contributed by atoms with van der Waals surface area (Å²) in [5, 5.41) is 0.897. The van der Waals surface area contributed by atoms with Crippen LogP contribution in [0.3, 0.4) is 0 Å². The topological polar surface area (TPSA) is 0 Å². The first-order valence-corrected chi connectivity index (χ1v) is 5.59. The second-order valence-electron chi connectivity index (χ2n) is 4.85. The average molecular weight is 211 g/mol. The number of halogens is 1. The summed E-state index contributed by atoms with van der Waals surface area (Å²) in [6.45, 7) is 9.03. The van der Waals surface area contributed by atoms with Crippen molar-refractivity contribution in [2.75, 3.05) is 0 Å². The summed E-state index contributed by atoms with van der Waals surface area (Å²) >= 11 is 6.20. The minimum absolute atomic E-state index is 0.278. The molecule has 1 aromatic carbocycles. The van der Waals surface area contributed by atoms with Crippen LogP contribution in [0.4, 0.5) is 0 Å². The Bertz CT molecular complexity index is 296. The van der Waals surface area contributed by atoms with Crippen molar-refractivity contribution in [3.8, 4) is 0 Å². The highest BCUT2D eigenvalue weighted by Crippen LogP contribution is 2.40. The zero-order chi connectivity index (χ0) is 10.8. The number of benzene rings is 1. The molecule has 14 heavy (non-hydrogen) atoms. The third-order valence-corrected chi connectivity index (χ3v) is 3.08. The normalized spacial score (nSPS) is 14.1. The van der Waals surface area contributed by atoms with Crippen molar-refractivity contribution >= 4 is 11.6 Å². The molecule has 0 N–H and O–H groups in total.